The highest BCUT2D eigenvalue weighted by Gasteiger charge is 2.18. The first-order valence-corrected chi connectivity index (χ1v) is 5.97. The van der Waals surface area contributed by atoms with E-state index in [9.17, 15) is 19.3 Å². The van der Waals surface area contributed by atoms with Crippen LogP contribution in [0.2, 0.25) is 0 Å². The number of nitrogens with zero attached hydrogens (tertiary/aromatic N) is 1. The second-order valence-corrected chi connectivity index (χ2v) is 4.38. The van der Waals surface area contributed by atoms with E-state index in [1.807, 2.05) is 12.2 Å². The average molecular weight is 264 g/mol. The van der Waals surface area contributed by atoms with E-state index in [0.29, 0.717) is 0 Å². The molecule has 1 aliphatic carbocycles. The van der Waals surface area contributed by atoms with Gasteiger partial charge in [0.1, 0.15) is 0 Å². The topological polar surface area (TPSA) is 72.2 Å². The van der Waals surface area contributed by atoms with Crippen molar-refractivity contribution in [2.24, 2.45) is 0 Å². The summed E-state index contributed by atoms with van der Waals surface area (Å²) >= 11 is 0. The Bertz CT molecular complexity index is 543. The van der Waals surface area contributed by atoms with Gasteiger partial charge in [-0.2, -0.15) is 4.39 Å². The third kappa shape index (κ3) is 3.15. The van der Waals surface area contributed by atoms with Crippen LogP contribution in [0.25, 0.3) is 0 Å². The maximum Gasteiger partial charge on any atom is 0.304 e. The zero-order chi connectivity index (χ0) is 13.8. The van der Waals surface area contributed by atoms with Gasteiger partial charge in [-0.1, -0.05) is 12.2 Å². The fourth-order valence-electron chi connectivity index (χ4n) is 1.99. The molecule has 0 aromatic heterocycles. The molecule has 0 radical (unpaired) electrons. The van der Waals surface area contributed by atoms with Gasteiger partial charge in [0.15, 0.2) is 0 Å². The fourth-order valence-corrected chi connectivity index (χ4v) is 1.99. The number of carbonyl (C=O) groups is 1. The lowest BCUT2D eigenvalue weighted by molar-refractivity contribution is -0.387. The zero-order valence-electron chi connectivity index (χ0n) is 10.1. The summed E-state index contributed by atoms with van der Waals surface area (Å²) in [7, 11) is 0. The van der Waals surface area contributed by atoms with Crippen LogP contribution in [-0.4, -0.2) is 16.9 Å². The van der Waals surface area contributed by atoms with Crippen molar-refractivity contribution in [2.45, 2.75) is 25.3 Å². The summed E-state index contributed by atoms with van der Waals surface area (Å²) in [5.74, 6) is -1.41. The minimum atomic E-state index is -0.999. The number of hydrogen-bond acceptors (Lipinski definition) is 3. The van der Waals surface area contributed by atoms with Gasteiger partial charge in [0, 0.05) is 17.7 Å². The summed E-state index contributed by atoms with van der Waals surface area (Å²) in [6, 6.07) is 3.20. The summed E-state index contributed by atoms with van der Waals surface area (Å²) in [6.07, 6.45) is 6.54. The molecule has 100 valence electrons. The van der Waals surface area contributed by atoms with Crippen LogP contribution < -0.4 is 5.32 Å². The summed E-state index contributed by atoms with van der Waals surface area (Å²) in [4.78, 5) is 21.5. The molecule has 0 bridgehead atoms. The second kappa shape index (κ2) is 5.60. The molecule has 1 unspecified atom stereocenters. The molecule has 0 heterocycles. The molecule has 1 N–H and O–H groups in total. The average Bonchev–Trinajstić information content (AvgIpc) is 2.39. The predicted octanol–water partition coefficient (Wildman–Crippen LogP) is 2.57. The third-order valence-corrected chi connectivity index (χ3v) is 3.01. The van der Waals surface area contributed by atoms with Gasteiger partial charge in [-0.3, -0.25) is 14.9 Å². The summed E-state index contributed by atoms with van der Waals surface area (Å²) in [5, 5.41) is 13.3. The number of halogens is 1. The molecular weight excluding hydrogens is 251 g/mol. The van der Waals surface area contributed by atoms with Crippen molar-refractivity contribution in [1.29, 1.82) is 0 Å². The number of allylic oxidation sites excluding steroid dienone is 1. The number of nitrogens with one attached hydrogen (secondary N) is 1. The van der Waals surface area contributed by atoms with Gasteiger partial charge >= 0.3 is 5.69 Å². The third-order valence-electron chi connectivity index (χ3n) is 3.01. The van der Waals surface area contributed by atoms with E-state index in [2.05, 4.69) is 5.32 Å². The van der Waals surface area contributed by atoms with Gasteiger partial charge in [-0.25, -0.2) is 0 Å². The number of amides is 1. The van der Waals surface area contributed by atoms with Crippen molar-refractivity contribution in [1.82, 2.24) is 5.32 Å². The quantitative estimate of drug-likeness (QED) is 0.518. The maximum absolute atomic E-state index is 13.4. The smallest absolute Gasteiger partial charge is 0.304 e. The van der Waals surface area contributed by atoms with Crippen LogP contribution in [-0.2, 0) is 0 Å². The molecule has 19 heavy (non-hydrogen) atoms. The number of benzene rings is 1. The van der Waals surface area contributed by atoms with Crippen LogP contribution in [0.5, 0.6) is 0 Å². The Morgan fingerprint density at radius 2 is 2.21 bits per heavy atom. The molecule has 0 fully saturated rings. The van der Waals surface area contributed by atoms with Crippen LogP contribution in [0.15, 0.2) is 30.4 Å². The van der Waals surface area contributed by atoms with Gasteiger partial charge < -0.3 is 5.32 Å². The molecule has 1 aromatic carbocycles. The van der Waals surface area contributed by atoms with Gasteiger partial charge in [0.05, 0.1) is 4.92 Å². The summed E-state index contributed by atoms with van der Waals surface area (Å²) in [6.45, 7) is 0. The van der Waals surface area contributed by atoms with Crippen LogP contribution in [0, 0.1) is 15.9 Å². The maximum atomic E-state index is 13.4. The lowest BCUT2D eigenvalue weighted by Crippen LogP contribution is -2.35. The van der Waals surface area contributed by atoms with E-state index >= 15 is 0 Å². The van der Waals surface area contributed by atoms with E-state index in [4.69, 9.17) is 0 Å². The van der Waals surface area contributed by atoms with Crippen LogP contribution in [0.1, 0.15) is 29.6 Å². The summed E-state index contributed by atoms with van der Waals surface area (Å²) < 4.78 is 13.4. The Morgan fingerprint density at radius 1 is 1.42 bits per heavy atom. The molecule has 2 rings (SSSR count). The Kier molecular flexibility index (Phi) is 3.89. The van der Waals surface area contributed by atoms with Gasteiger partial charge in [0.2, 0.25) is 5.82 Å². The van der Waals surface area contributed by atoms with Crippen molar-refractivity contribution in [3.05, 3.63) is 51.8 Å². The number of nitro benzene ring substituents is 1. The predicted molar refractivity (Wildman–Crippen MR) is 67.3 cm³/mol. The lowest BCUT2D eigenvalue weighted by atomic mass is 10.0. The number of rotatable bonds is 3. The number of carbonyl (C=O) groups excluding carboxylic acids is 1. The highest BCUT2D eigenvalue weighted by atomic mass is 19.1. The molecule has 0 aliphatic heterocycles. The first-order valence-electron chi connectivity index (χ1n) is 5.97. The Morgan fingerprint density at radius 3 is 2.79 bits per heavy atom. The van der Waals surface area contributed by atoms with Crippen molar-refractivity contribution in [3.8, 4) is 0 Å². The fraction of sp³-hybridized carbons (Fsp3) is 0.308. The summed E-state index contributed by atoms with van der Waals surface area (Å²) in [5.41, 5.74) is -0.533. The molecule has 0 saturated heterocycles. The van der Waals surface area contributed by atoms with E-state index < -0.39 is 22.3 Å². The van der Waals surface area contributed by atoms with Gasteiger partial charge in [-0.15, -0.1) is 0 Å². The van der Waals surface area contributed by atoms with Gasteiger partial charge in [-0.05, 0) is 31.4 Å². The molecule has 0 saturated carbocycles. The van der Waals surface area contributed by atoms with E-state index in [1.54, 1.807) is 0 Å². The first-order chi connectivity index (χ1) is 9.08. The normalized spacial score (nSPS) is 18.1. The lowest BCUT2D eigenvalue weighted by Gasteiger charge is -2.19. The van der Waals surface area contributed by atoms with Crippen molar-refractivity contribution >= 4 is 11.6 Å². The minimum Gasteiger partial charge on any atom is -0.349 e. The zero-order valence-corrected chi connectivity index (χ0v) is 10.1. The molecule has 1 amide bonds. The molecule has 1 aliphatic rings. The Labute approximate surface area is 109 Å². The van der Waals surface area contributed by atoms with E-state index in [-0.39, 0.29) is 11.6 Å². The largest absolute Gasteiger partial charge is 0.349 e. The van der Waals surface area contributed by atoms with Gasteiger partial charge in [0.25, 0.3) is 5.91 Å². The molecular formula is C13H13FN2O3. The first kappa shape index (κ1) is 13.2. The highest BCUT2D eigenvalue weighted by molar-refractivity contribution is 5.94. The van der Waals surface area contributed by atoms with Crippen LogP contribution in [0.3, 0.4) is 0 Å². The van der Waals surface area contributed by atoms with Crippen molar-refractivity contribution < 1.29 is 14.1 Å². The highest BCUT2D eigenvalue weighted by Crippen LogP contribution is 2.18. The molecule has 6 heteroatoms. The Balaban J connectivity index is 2.09. The monoisotopic (exact) mass is 264 g/mol. The molecule has 1 atom stereocenters. The van der Waals surface area contributed by atoms with E-state index in [1.165, 1.54) is 6.07 Å². The minimum absolute atomic E-state index is 0.0377. The second-order valence-electron chi connectivity index (χ2n) is 4.38. The van der Waals surface area contributed by atoms with Crippen LogP contribution >= 0.6 is 0 Å². The van der Waals surface area contributed by atoms with Crippen molar-refractivity contribution in [2.75, 3.05) is 0 Å². The molecule has 1 aromatic rings. The van der Waals surface area contributed by atoms with E-state index in [0.717, 1.165) is 31.4 Å². The standard InChI is InChI=1S/C13H13FN2O3/c14-11-8-9(6-7-12(11)16(18)19)13(17)15-10-4-2-1-3-5-10/h1-2,6-8,10H,3-5H2,(H,15,17). The molecule has 5 nitrogen and oxygen atoms in total. The van der Waals surface area contributed by atoms with Crippen LogP contribution in [0.4, 0.5) is 10.1 Å². The van der Waals surface area contributed by atoms with Crippen molar-refractivity contribution in [3.63, 3.8) is 0 Å². The Hall–Kier alpha value is -2.24. The molecule has 0 spiro atoms. The number of hydrogen-bond donors (Lipinski definition) is 1. The number of nitro groups is 1. The SMILES string of the molecule is O=C(NC1CC=CCC1)c1ccc([N+](=O)[O-])c(F)c1.